The van der Waals surface area contributed by atoms with Gasteiger partial charge in [-0.05, 0) is 42.1 Å². The van der Waals surface area contributed by atoms with E-state index in [1.165, 1.54) is 23.7 Å². The molecule has 0 fully saturated rings. The van der Waals surface area contributed by atoms with E-state index in [2.05, 4.69) is 4.99 Å². The minimum atomic E-state index is -3.28. The fraction of sp³-hybridized carbons (Fsp3) is 0.222. The van der Waals surface area contributed by atoms with Gasteiger partial charge < -0.3 is 4.57 Å². The molecule has 0 aliphatic heterocycles. The number of thiazole rings is 1. The summed E-state index contributed by atoms with van der Waals surface area (Å²) in [6.07, 6.45) is 5.27. The van der Waals surface area contributed by atoms with Gasteiger partial charge >= 0.3 is 0 Å². The van der Waals surface area contributed by atoms with Crippen molar-refractivity contribution in [1.82, 2.24) is 4.57 Å². The van der Waals surface area contributed by atoms with Crippen LogP contribution in [-0.4, -0.2) is 25.1 Å². The molecule has 1 amide bonds. The molecule has 0 saturated heterocycles. The molecule has 0 bridgehead atoms. The van der Waals surface area contributed by atoms with E-state index in [4.69, 9.17) is 0 Å². The number of hydrogen-bond donors (Lipinski definition) is 0. The summed E-state index contributed by atoms with van der Waals surface area (Å²) in [6.45, 7) is 2.75. The molecule has 2 heterocycles. The third-order valence-corrected chi connectivity index (χ3v) is 6.66. The monoisotopic (exact) mass is 406 g/mol. The number of amides is 1. The Kier molecular flexibility index (Phi) is 5.55. The highest BCUT2D eigenvalue weighted by molar-refractivity contribution is 7.90. The molecule has 0 aliphatic carbocycles. The molecule has 136 valence electrons. The number of fused-ring (bicyclic) bond motifs is 1. The van der Waals surface area contributed by atoms with Crippen molar-refractivity contribution in [3.05, 3.63) is 51.5 Å². The highest BCUT2D eigenvalue weighted by atomic mass is 32.2. The average Bonchev–Trinajstić information content (AvgIpc) is 3.20. The largest absolute Gasteiger partial charge is 0.316 e. The Morgan fingerprint density at radius 3 is 2.77 bits per heavy atom. The van der Waals surface area contributed by atoms with E-state index >= 15 is 0 Å². The summed E-state index contributed by atoms with van der Waals surface area (Å²) in [5.41, 5.74) is 0.887. The normalized spacial score (nSPS) is 13.1. The maximum absolute atomic E-state index is 12.2. The van der Waals surface area contributed by atoms with Gasteiger partial charge in [-0.15, -0.1) is 11.3 Å². The minimum Gasteiger partial charge on any atom is -0.316 e. The number of aryl methyl sites for hydroxylation is 1. The molecular weight excluding hydrogens is 388 g/mol. The summed E-state index contributed by atoms with van der Waals surface area (Å²) in [4.78, 5) is 18.3. The lowest BCUT2D eigenvalue weighted by atomic mass is 10.3. The molecule has 2 aromatic heterocycles. The van der Waals surface area contributed by atoms with Crippen LogP contribution in [-0.2, 0) is 21.2 Å². The molecular formula is C18H18N2O3S3. The number of rotatable bonds is 5. The smallest absolute Gasteiger partial charge is 0.272 e. The molecule has 0 spiro atoms. The fourth-order valence-corrected chi connectivity index (χ4v) is 4.92. The van der Waals surface area contributed by atoms with Crippen LogP contribution in [0.2, 0.25) is 0 Å². The van der Waals surface area contributed by atoms with Gasteiger partial charge in [0.2, 0.25) is 0 Å². The van der Waals surface area contributed by atoms with Gasteiger partial charge in [-0.25, -0.2) is 8.42 Å². The molecule has 0 atom stereocenters. The van der Waals surface area contributed by atoms with E-state index in [0.29, 0.717) is 11.3 Å². The van der Waals surface area contributed by atoms with Crippen molar-refractivity contribution in [2.45, 2.75) is 24.8 Å². The Morgan fingerprint density at radius 2 is 2.12 bits per heavy atom. The second-order valence-electron chi connectivity index (χ2n) is 5.74. The van der Waals surface area contributed by atoms with E-state index in [9.17, 15) is 13.2 Å². The number of hydrogen-bond acceptors (Lipinski definition) is 5. The molecule has 3 rings (SSSR count). The van der Waals surface area contributed by atoms with E-state index in [-0.39, 0.29) is 10.8 Å². The van der Waals surface area contributed by atoms with Gasteiger partial charge in [0.05, 0.1) is 15.1 Å². The van der Waals surface area contributed by atoms with Crippen LogP contribution in [0.4, 0.5) is 0 Å². The fourth-order valence-electron chi connectivity index (χ4n) is 2.48. The predicted octanol–water partition coefficient (Wildman–Crippen LogP) is 3.72. The van der Waals surface area contributed by atoms with Crippen molar-refractivity contribution in [2.75, 3.05) is 6.26 Å². The van der Waals surface area contributed by atoms with Gasteiger partial charge in [0.25, 0.3) is 5.91 Å². The summed E-state index contributed by atoms with van der Waals surface area (Å²) in [5, 5.41) is 1.95. The van der Waals surface area contributed by atoms with E-state index in [1.54, 1.807) is 35.6 Å². The summed E-state index contributed by atoms with van der Waals surface area (Å²) < 4.78 is 26.3. The predicted molar refractivity (Wildman–Crippen MR) is 107 cm³/mol. The molecule has 26 heavy (non-hydrogen) atoms. The van der Waals surface area contributed by atoms with Gasteiger partial charge in [-0.1, -0.05) is 24.3 Å². The van der Waals surface area contributed by atoms with Gasteiger partial charge in [0.15, 0.2) is 14.6 Å². The number of benzene rings is 1. The van der Waals surface area contributed by atoms with Crippen LogP contribution < -0.4 is 4.80 Å². The van der Waals surface area contributed by atoms with Crippen molar-refractivity contribution in [1.29, 1.82) is 0 Å². The molecule has 1 aromatic carbocycles. The first kappa shape index (κ1) is 18.8. The van der Waals surface area contributed by atoms with Crippen LogP contribution in [0.25, 0.3) is 16.3 Å². The molecule has 5 nitrogen and oxygen atoms in total. The quantitative estimate of drug-likeness (QED) is 0.607. The Morgan fingerprint density at radius 1 is 1.31 bits per heavy atom. The van der Waals surface area contributed by atoms with Crippen molar-refractivity contribution in [2.24, 2.45) is 4.99 Å². The third kappa shape index (κ3) is 4.20. The van der Waals surface area contributed by atoms with Gasteiger partial charge in [-0.3, -0.25) is 4.79 Å². The molecule has 3 aromatic rings. The average molecular weight is 407 g/mol. The molecule has 0 N–H and O–H groups in total. The number of carbonyl (C=O) groups excluding carboxylic acids is 1. The first-order valence-electron chi connectivity index (χ1n) is 8.02. The van der Waals surface area contributed by atoms with Crippen LogP contribution in [0.5, 0.6) is 0 Å². The van der Waals surface area contributed by atoms with Crippen LogP contribution in [0.15, 0.2) is 51.7 Å². The van der Waals surface area contributed by atoms with Crippen molar-refractivity contribution < 1.29 is 13.2 Å². The summed E-state index contributed by atoms with van der Waals surface area (Å²) in [6, 6.07) is 8.87. The van der Waals surface area contributed by atoms with E-state index in [0.717, 1.165) is 21.5 Å². The zero-order valence-corrected chi connectivity index (χ0v) is 16.8. The Labute approximate surface area is 159 Å². The minimum absolute atomic E-state index is 0.269. The van der Waals surface area contributed by atoms with Gasteiger partial charge in [0.1, 0.15) is 0 Å². The van der Waals surface area contributed by atoms with E-state index < -0.39 is 9.84 Å². The number of thiophene rings is 1. The Hall–Kier alpha value is -2.03. The first-order valence-corrected chi connectivity index (χ1v) is 11.6. The lowest BCUT2D eigenvalue weighted by Gasteiger charge is -2.03. The third-order valence-electron chi connectivity index (χ3n) is 3.67. The second-order valence-corrected chi connectivity index (χ2v) is 9.74. The van der Waals surface area contributed by atoms with Crippen LogP contribution in [0, 0.1) is 0 Å². The molecule has 0 radical (unpaired) electrons. The van der Waals surface area contributed by atoms with Crippen molar-refractivity contribution >= 4 is 54.7 Å². The molecule has 0 unspecified atom stereocenters. The SMILES string of the molecule is CCCn1c(=NC(=O)C=Cc2cccs2)sc2cc(S(C)(=O)=O)ccc21. The zero-order chi connectivity index (χ0) is 18.7. The lowest BCUT2D eigenvalue weighted by Crippen LogP contribution is -2.16. The maximum Gasteiger partial charge on any atom is 0.272 e. The van der Waals surface area contributed by atoms with Crippen LogP contribution in [0.3, 0.4) is 0 Å². The van der Waals surface area contributed by atoms with Crippen molar-refractivity contribution in [3.63, 3.8) is 0 Å². The molecule has 0 aliphatic rings. The number of sulfone groups is 1. The number of aromatic nitrogens is 1. The zero-order valence-electron chi connectivity index (χ0n) is 14.4. The van der Waals surface area contributed by atoms with Crippen LogP contribution >= 0.6 is 22.7 Å². The Bertz CT molecular complexity index is 1130. The highest BCUT2D eigenvalue weighted by Crippen LogP contribution is 2.22. The lowest BCUT2D eigenvalue weighted by molar-refractivity contribution is -0.113. The molecule has 0 saturated carbocycles. The topological polar surface area (TPSA) is 68.5 Å². The second kappa shape index (κ2) is 7.69. The first-order chi connectivity index (χ1) is 12.4. The van der Waals surface area contributed by atoms with Crippen LogP contribution in [0.1, 0.15) is 18.2 Å². The Balaban J connectivity index is 2.06. The number of nitrogens with zero attached hydrogens (tertiary/aromatic N) is 2. The standard InChI is InChI=1S/C18H18N2O3S3/c1-3-10-20-15-8-7-14(26(2,22)23)12-16(15)25-18(20)19-17(21)9-6-13-5-4-11-24-13/h4-9,11-12H,3,10H2,1-2H3. The summed E-state index contributed by atoms with van der Waals surface area (Å²) in [5.74, 6) is -0.335. The summed E-state index contributed by atoms with van der Waals surface area (Å²) >= 11 is 2.88. The van der Waals surface area contributed by atoms with Gasteiger partial charge in [0, 0.05) is 23.8 Å². The maximum atomic E-state index is 12.2. The van der Waals surface area contributed by atoms with Crippen molar-refractivity contribution in [3.8, 4) is 0 Å². The summed E-state index contributed by atoms with van der Waals surface area (Å²) in [7, 11) is -3.28. The molecule has 8 heteroatoms. The van der Waals surface area contributed by atoms with Gasteiger partial charge in [-0.2, -0.15) is 4.99 Å². The van der Waals surface area contributed by atoms with E-state index in [1.807, 2.05) is 29.0 Å². The highest BCUT2D eigenvalue weighted by Gasteiger charge is 2.12. The number of carbonyl (C=O) groups is 1.